The molecule has 0 rings (SSSR count). The predicted molar refractivity (Wildman–Crippen MR) is 53.0 cm³/mol. The number of halogens is 1. The molecule has 0 aliphatic rings. The zero-order valence-electron chi connectivity index (χ0n) is 6.43. The highest BCUT2D eigenvalue weighted by Crippen LogP contribution is 1.93. The van der Waals surface area contributed by atoms with Gasteiger partial charge in [-0.1, -0.05) is 0 Å². The summed E-state index contributed by atoms with van der Waals surface area (Å²) in [5.74, 6) is 0.653. The van der Waals surface area contributed by atoms with Crippen molar-refractivity contribution in [1.29, 1.82) is 0 Å². The summed E-state index contributed by atoms with van der Waals surface area (Å²) in [5.41, 5.74) is 8.62. The molecule has 5 heteroatoms. The molecule has 0 atom stereocenters. The van der Waals surface area contributed by atoms with E-state index in [4.69, 9.17) is 17.3 Å². The van der Waals surface area contributed by atoms with Crippen molar-refractivity contribution in [2.75, 3.05) is 5.88 Å². The third kappa shape index (κ3) is 7.55. The van der Waals surface area contributed by atoms with Crippen LogP contribution in [0, 0.1) is 0 Å². The van der Waals surface area contributed by atoms with Crippen molar-refractivity contribution in [3.8, 4) is 0 Å². The monoisotopic (exact) mass is 193 g/mol. The van der Waals surface area contributed by atoms with E-state index in [9.17, 15) is 0 Å². The molecule has 0 aromatic carbocycles. The van der Waals surface area contributed by atoms with Gasteiger partial charge in [0.05, 0.1) is 0 Å². The molecule has 0 aliphatic heterocycles. The van der Waals surface area contributed by atoms with Crippen LogP contribution < -0.4 is 11.2 Å². The topological polar surface area (TPSA) is 50.4 Å². The van der Waals surface area contributed by atoms with Gasteiger partial charge in [0.15, 0.2) is 5.11 Å². The molecule has 3 nitrogen and oxygen atoms in total. The summed E-state index contributed by atoms with van der Waals surface area (Å²) in [5, 5.41) is 4.09. The average Bonchev–Trinajstić information content (AvgIpc) is 1.97. The summed E-state index contributed by atoms with van der Waals surface area (Å²) in [6.45, 7) is 1.90. The molecule has 0 saturated heterocycles. The van der Waals surface area contributed by atoms with E-state index in [1.807, 2.05) is 6.92 Å². The highest BCUT2D eigenvalue weighted by atomic mass is 35.5. The molecule has 0 aliphatic carbocycles. The molecule has 0 heterocycles. The number of hydrogen-bond acceptors (Lipinski definition) is 2. The van der Waals surface area contributed by atoms with Crippen LogP contribution in [0.4, 0.5) is 0 Å². The molecule has 3 N–H and O–H groups in total. The first-order valence-corrected chi connectivity index (χ1v) is 4.25. The lowest BCUT2D eigenvalue weighted by atomic mass is 10.2. The second-order valence-corrected chi connectivity index (χ2v) is 2.93. The molecule has 0 bridgehead atoms. The summed E-state index contributed by atoms with van der Waals surface area (Å²) in [4.78, 5) is 0. The molecule has 11 heavy (non-hydrogen) atoms. The first-order chi connectivity index (χ1) is 5.16. The summed E-state index contributed by atoms with van der Waals surface area (Å²) < 4.78 is 0. The van der Waals surface area contributed by atoms with Gasteiger partial charge in [0.25, 0.3) is 0 Å². The standard InChI is InChI=1S/C6H12ClN3S/c1-5(3-2-4-7)9-10-6(8)11/h2-4H2,1H3,(H3,8,10,11)/b9-5-. The van der Waals surface area contributed by atoms with Gasteiger partial charge in [-0.15, -0.1) is 11.6 Å². The molecule has 64 valence electrons. The maximum absolute atomic E-state index is 5.48. The fourth-order valence-electron chi connectivity index (χ4n) is 0.529. The Morgan fingerprint density at radius 3 is 2.82 bits per heavy atom. The molecular formula is C6H12ClN3S. The van der Waals surface area contributed by atoms with Crippen LogP contribution in [0.3, 0.4) is 0 Å². The Labute approximate surface area is 77.0 Å². The van der Waals surface area contributed by atoms with Crippen molar-refractivity contribution < 1.29 is 0 Å². The second-order valence-electron chi connectivity index (χ2n) is 2.12. The van der Waals surface area contributed by atoms with Crippen LogP contribution >= 0.6 is 23.8 Å². The summed E-state index contributed by atoms with van der Waals surface area (Å²) in [6, 6.07) is 0. The SMILES string of the molecule is C/C(CCCCl)=N/NC(N)=S. The van der Waals surface area contributed by atoms with Crippen molar-refractivity contribution in [2.45, 2.75) is 19.8 Å². The van der Waals surface area contributed by atoms with Crippen molar-refractivity contribution >= 4 is 34.6 Å². The number of rotatable bonds is 4. The second kappa shape index (κ2) is 6.37. The maximum atomic E-state index is 5.48. The molecule has 0 saturated carbocycles. The van der Waals surface area contributed by atoms with E-state index in [2.05, 4.69) is 22.7 Å². The van der Waals surface area contributed by atoms with Crippen LogP contribution in [0.15, 0.2) is 5.10 Å². The van der Waals surface area contributed by atoms with Gasteiger partial charge in [-0.2, -0.15) is 5.10 Å². The Morgan fingerprint density at radius 2 is 2.36 bits per heavy atom. The lowest BCUT2D eigenvalue weighted by Crippen LogP contribution is -2.25. The molecule has 0 aromatic heterocycles. The minimum atomic E-state index is 0.190. The number of thiocarbonyl (C=S) groups is 1. The molecule has 0 unspecified atom stereocenters. The third-order valence-electron chi connectivity index (χ3n) is 1.03. The van der Waals surface area contributed by atoms with E-state index in [-0.39, 0.29) is 5.11 Å². The van der Waals surface area contributed by atoms with E-state index >= 15 is 0 Å². The number of nitrogens with zero attached hydrogens (tertiary/aromatic N) is 1. The fraction of sp³-hybridized carbons (Fsp3) is 0.667. The largest absolute Gasteiger partial charge is 0.375 e. The Bertz CT molecular complexity index is 158. The highest BCUT2D eigenvalue weighted by molar-refractivity contribution is 7.80. The fourth-order valence-corrected chi connectivity index (χ4v) is 0.708. The average molecular weight is 194 g/mol. The maximum Gasteiger partial charge on any atom is 0.184 e. The van der Waals surface area contributed by atoms with Crippen molar-refractivity contribution in [3.63, 3.8) is 0 Å². The number of alkyl halides is 1. The van der Waals surface area contributed by atoms with Crippen molar-refractivity contribution in [3.05, 3.63) is 0 Å². The lowest BCUT2D eigenvalue weighted by molar-refractivity contribution is 0.951. The minimum absolute atomic E-state index is 0.190. The smallest absolute Gasteiger partial charge is 0.184 e. The predicted octanol–water partition coefficient (Wildman–Crippen LogP) is 1.21. The van der Waals surface area contributed by atoms with E-state index < -0.39 is 0 Å². The first kappa shape index (κ1) is 10.7. The van der Waals surface area contributed by atoms with Crippen LogP contribution in [-0.2, 0) is 0 Å². The van der Waals surface area contributed by atoms with E-state index in [1.165, 1.54) is 0 Å². The van der Waals surface area contributed by atoms with Crippen molar-refractivity contribution in [2.24, 2.45) is 10.8 Å². The highest BCUT2D eigenvalue weighted by Gasteiger charge is 1.90. The Kier molecular flexibility index (Phi) is 6.16. The van der Waals surface area contributed by atoms with Crippen LogP contribution in [0.5, 0.6) is 0 Å². The van der Waals surface area contributed by atoms with Crippen LogP contribution in [0.1, 0.15) is 19.8 Å². The van der Waals surface area contributed by atoms with Crippen LogP contribution in [0.2, 0.25) is 0 Å². The van der Waals surface area contributed by atoms with Gasteiger partial charge in [-0.25, -0.2) is 0 Å². The van der Waals surface area contributed by atoms with Crippen LogP contribution in [-0.4, -0.2) is 16.7 Å². The van der Waals surface area contributed by atoms with Crippen molar-refractivity contribution in [1.82, 2.24) is 5.43 Å². The quantitative estimate of drug-likeness (QED) is 0.306. The Balaban J connectivity index is 3.54. The van der Waals surface area contributed by atoms with Gasteiger partial charge >= 0.3 is 0 Å². The number of nitrogens with two attached hydrogens (primary N) is 1. The van der Waals surface area contributed by atoms with E-state index in [0.717, 1.165) is 18.6 Å². The molecular weight excluding hydrogens is 182 g/mol. The zero-order valence-corrected chi connectivity index (χ0v) is 8.00. The van der Waals surface area contributed by atoms with Crippen LogP contribution in [0.25, 0.3) is 0 Å². The summed E-state index contributed by atoms with van der Waals surface area (Å²) in [6.07, 6.45) is 1.80. The summed E-state index contributed by atoms with van der Waals surface area (Å²) >= 11 is 10.0. The number of hydrazone groups is 1. The zero-order chi connectivity index (χ0) is 8.69. The van der Waals surface area contributed by atoms with Gasteiger partial charge in [0.1, 0.15) is 0 Å². The molecule has 0 radical (unpaired) electrons. The Morgan fingerprint density at radius 1 is 1.73 bits per heavy atom. The number of hydrogen-bond donors (Lipinski definition) is 2. The first-order valence-electron chi connectivity index (χ1n) is 3.31. The van der Waals surface area contributed by atoms with Gasteiger partial charge < -0.3 is 5.73 Å². The summed E-state index contributed by atoms with van der Waals surface area (Å²) in [7, 11) is 0. The van der Waals surface area contributed by atoms with Gasteiger partial charge in [0, 0.05) is 11.6 Å². The third-order valence-corrected chi connectivity index (χ3v) is 1.39. The Hall–Kier alpha value is -0.350. The van der Waals surface area contributed by atoms with E-state index in [1.54, 1.807) is 0 Å². The molecule has 0 spiro atoms. The van der Waals surface area contributed by atoms with E-state index in [0.29, 0.717) is 5.88 Å². The van der Waals surface area contributed by atoms with Gasteiger partial charge in [-0.3, -0.25) is 5.43 Å². The molecule has 0 amide bonds. The molecule has 0 aromatic rings. The minimum Gasteiger partial charge on any atom is -0.375 e. The number of nitrogens with one attached hydrogen (secondary N) is 1. The lowest BCUT2D eigenvalue weighted by Gasteiger charge is -1.98. The molecule has 0 fully saturated rings. The van der Waals surface area contributed by atoms with Gasteiger partial charge in [0.2, 0.25) is 0 Å². The van der Waals surface area contributed by atoms with Gasteiger partial charge in [-0.05, 0) is 32.0 Å². The normalized spacial score (nSPS) is 11.3.